The van der Waals surface area contributed by atoms with Crippen molar-refractivity contribution in [3.8, 4) is 5.75 Å². The van der Waals surface area contributed by atoms with Crippen LogP contribution < -0.4 is 15.4 Å². The van der Waals surface area contributed by atoms with Gasteiger partial charge in [-0.25, -0.2) is 4.99 Å². The summed E-state index contributed by atoms with van der Waals surface area (Å²) >= 11 is 0. The van der Waals surface area contributed by atoms with Crippen molar-refractivity contribution in [3.63, 3.8) is 0 Å². The molecule has 1 aliphatic heterocycles. The van der Waals surface area contributed by atoms with Crippen LogP contribution in [0.25, 0.3) is 0 Å². The Bertz CT molecular complexity index is 871. The summed E-state index contributed by atoms with van der Waals surface area (Å²) in [7, 11) is 1.91. The van der Waals surface area contributed by atoms with E-state index in [9.17, 15) is 8.78 Å². The standard InChI is InChI=1S/C21H31F2N7O/c1-4-30-11-7-9-17(30)13-25-21(26-14-19-28-27-15(2)29(19)3)24-12-16-8-5-6-10-18(16)31-20(22)23/h5-6,8,10,17,20H,4,7,9,11-14H2,1-3H3,(H2,24,25,26). The molecule has 1 aromatic heterocycles. The third kappa shape index (κ3) is 6.36. The van der Waals surface area contributed by atoms with Crippen molar-refractivity contribution in [1.29, 1.82) is 0 Å². The highest BCUT2D eigenvalue weighted by molar-refractivity contribution is 5.79. The fraction of sp³-hybridized carbons (Fsp3) is 0.571. The summed E-state index contributed by atoms with van der Waals surface area (Å²) in [6, 6.07) is 7.16. The molecular formula is C21H31F2N7O. The number of para-hydroxylation sites is 1. The Morgan fingerprint density at radius 2 is 2.10 bits per heavy atom. The average molecular weight is 436 g/mol. The van der Waals surface area contributed by atoms with E-state index in [1.165, 1.54) is 12.5 Å². The molecule has 2 heterocycles. The van der Waals surface area contributed by atoms with Crippen LogP contribution in [0.15, 0.2) is 29.3 Å². The van der Waals surface area contributed by atoms with E-state index in [1.807, 2.05) is 18.5 Å². The van der Waals surface area contributed by atoms with E-state index in [0.717, 1.165) is 37.7 Å². The SMILES string of the molecule is CCN1CCCC1CNC(=NCc1ccccc1OC(F)F)NCc1nnc(C)n1C. The van der Waals surface area contributed by atoms with Crippen LogP contribution in [0.5, 0.6) is 5.75 Å². The fourth-order valence-corrected chi connectivity index (χ4v) is 3.71. The molecule has 10 heteroatoms. The number of likely N-dealkylation sites (tertiary alicyclic amines) is 1. The minimum absolute atomic E-state index is 0.137. The van der Waals surface area contributed by atoms with Gasteiger partial charge in [-0.3, -0.25) is 4.90 Å². The van der Waals surface area contributed by atoms with Gasteiger partial charge in [-0.2, -0.15) is 8.78 Å². The summed E-state index contributed by atoms with van der Waals surface area (Å²) in [5.41, 5.74) is 0.592. The van der Waals surface area contributed by atoms with Crippen LogP contribution in [0.4, 0.5) is 8.78 Å². The summed E-state index contributed by atoms with van der Waals surface area (Å²) in [5, 5.41) is 14.9. The number of guanidine groups is 1. The summed E-state index contributed by atoms with van der Waals surface area (Å²) in [4.78, 5) is 7.07. The second-order valence-corrected chi connectivity index (χ2v) is 7.53. The number of nitrogens with one attached hydrogen (secondary N) is 2. The molecule has 8 nitrogen and oxygen atoms in total. The van der Waals surface area contributed by atoms with Gasteiger partial charge in [0.15, 0.2) is 11.8 Å². The van der Waals surface area contributed by atoms with Gasteiger partial charge in [-0.05, 0) is 38.9 Å². The van der Waals surface area contributed by atoms with Crippen LogP contribution >= 0.6 is 0 Å². The minimum Gasteiger partial charge on any atom is -0.434 e. The second-order valence-electron chi connectivity index (χ2n) is 7.53. The van der Waals surface area contributed by atoms with Gasteiger partial charge in [0.2, 0.25) is 0 Å². The van der Waals surface area contributed by atoms with Crippen LogP contribution in [0.3, 0.4) is 0 Å². The monoisotopic (exact) mass is 435 g/mol. The number of ether oxygens (including phenoxy) is 1. The lowest BCUT2D eigenvalue weighted by molar-refractivity contribution is -0.0504. The lowest BCUT2D eigenvalue weighted by atomic mass is 10.2. The molecule has 1 aromatic carbocycles. The van der Waals surface area contributed by atoms with Crippen molar-refractivity contribution in [2.75, 3.05) is 19.6 Å². The van der Waals surface area contributed by atoms with Gasteiger partial charge >= 0.3 is 6.61 Å². The Morgan fingerprint density at radius 3 is 2.81 bits per heavy atom. The van der Waals surface area contributed by atoms with Gasteiger partial charge in [-0.15, -0.1) is 10.2 Å². The van der Waals surface area contributed by atoms with Gasteiger partial charge in [-0.1, -0.05) is 25.1 Å². The summed E-state index contributed by atoms with van der Waals surface area (Å²) in [6.07, 6.45) is 2.33. The van der Waals surface area contributed by atoms with Crippen molar-refractivity contribution >= 4 is 5.96 Å². The van der Waals surface area contributed by atoms with Gasteiger partial charge in [0.05, 0.1) is 13.1 Å². The highest BCUT2D eigenvalue weighted by Gasteiger charge is 2.23. The Morgan fingerprint density at radius 1 is 1.29 bits per heavy atom. The first-order valence-corrected chi connectivity index (χ1v) is 10.6. The maximum absolute atomic E-state index is 12.7. The van der Waals surface area contributed by atoms with Crippen molar-refractivity contribution in [3.05, 3.63) is 41.5 Å². The fourth-order valence-electron chi connectivity index (χ4n) is 3.71. The number of likely N-dealkylation sites (N-methyl/N-ethyl adjacent to an activating group) is 1. The zero-order valence-corrected chi connectivity index (χ0v) is 18.3. The van der Waals surface area contributed by atoms with Crippen LogP contribution in [-0.4, -0.2) is 57.9 Å². The molecule has 3 rings (SSSR count). The van der Waals surface area contributed by atoms with E-state index in [0.29, 0.717) is 24.1 Å². The number of nitrogens with zero attached hydrogens (tertiary/aromatic N) is 5. The van der Waals surface area contributed by atoms with Crippen LogP contribution in [0.2, 0.25) is 0 Å². The summed E-state index contributed by atoms with van der Waals surface area (Å²) in [5.74, 6) is 2.34. The Balaban J connectivity index is 1.70. The molecule has 0 spiro atoms. The lowest BCUT2D eigenvalue weighted by Gasteiger charge is -2.24. The van der Waals surface area contributed by atoms with Crippen molar-refractivity contribution in [2.24, 2.45) is 12.0 Å². The maximum Gasteiger partial charge on any atom is 0.387 e. The number of aryl methyl sites for hydroxylation is 1. The smallest absolute Gasteiger partial charge is 0.387 e. The lowest BCUT2D eigenvalue weighted by Crippen LogP contribution is -2.44. The molecule has 0 saturated carbocycles. The Kier molecular flexibility index (Phi) is 8.16. The zero-order chi connectivity index (χ0) is 22.2. The first-order chi connectivity index (χ1) is 15.0. The first kappa shape index (κ1) is 22.9. The van der Waals surface area contributed by atoms with E-state index in [4.69, 9.17) is 0 Å². The summed E-state index contributed by atoms with van der Waals surface area (Å²) < 4.78 is 32.0. The van der Waals surface area contributed by atoms with Crippen molar-refractivity contribution < 1.29 is 13.5 Å². The molecule has 2 aromatic rings. The van der Waals surface area contributed by atoms with Gasteiger partial charge < -0.3 is 19.9 Å². The Labute approximate surface area is 181 Å². The third-order valence-electron chi connectivity index (χ3n) is 5.60. The van der Waals surface area contributed by atoms with Crippen LogP contribution in [-0.2, 0) is 20.1 Å². The molecule has 1 atom stereocenters. The van der Waals surface area contributed by atoms with Gasteiger partial charge in [0.25, 0.3) is 0 Å². The number of benzene rings is 1. The molecule has 1 aliphatic rings. The predicted molar refractivity (Wildman–Crippen MR) is 115 cm³/mol. The molecular weight excluding hydrogens is 404 g/mol. The largest absolute Gasteiger partial charge is 0.434 e. The average Bonchev–Trinajstić information content (AvgIpc) is 3.34. The van der Waals surface area contributed by atoms with Gasteiger partial charge in [0.1, 0.15) is 11.6 Å². The van der Waals surface area contributed by atoms with Crippen LogP contribution in [0, 0.1) is 6.92 Å². The topological polar surface area (TPSA) is 79.6 Å². The highest BCUT2D eigenvalue weighted by Crippen LogP contribution is 2.21. The van der Waals surface area contributed by atoms with E-state index in [-0.39, 0.29) is 12.3 Å². The number of aliphatic imine (C=N–C) groups is 1. The molecule has 0 radical (unpaired) electrons. The number of halogens is 2. The van der Waals surface area contributed by atoms with Crippen LogP contribution in [0.1, 0.15) is 37.0 Å². The van der Waals surface area contributed by atoms with E-state index < -0.39 is 6.61 Å². The zero-order valence-electron chi connectivity index (χ0n) is 18.3. The van der Waals surface area contributed by atoms with E-state index >= 15 is 0 Å². The number of alkyl halides is 2. The second kappa shape index (κ2) is 11.0. The molecule has 0 bridgehead atoms. The predicted octanol–water partition coefficient (Wildman–Crippen LogP) is 2.44. The summed E-state index contributed by atoms with van der Waals surface area (Å²) in [6.45, 7) is 4.72. The molecule has 0 amide bonds. The molecule has 170 valence electrons. The first-order valence-electron chi connectivity index (χ1n) is 10.6. The van der Waals surface area contributed by atoms with Crippen molar-refractivity contribution in [2.45, 2.75) is 52.4 Å². The molecule has 2 N–H and O–H groups in total. The van der Waals surface area contributed by atoms with Gasteiger partial charge in [0, 0.05) is 25.2 Å². The number of aromatic nitrogens is 3. The minimum atomic E-state index is -2.87. The molecule has 0 aliphatic carbocycles. The quantitative estimate of drug-likeness (QED) is 0.465. The molecule has 1 unspecified atom stereocenters. The normalized spacial score (nSPS) is 17.4. The molecule has 31 heavy (non-hydrogen) atoms. The third-order valence-corrected chi connectivity index (χ3v) is 5.60. The van der Waals surface area contributed by atoms with E-state index in [1.54, 1.807) is 18.2 Å². The number of hydrogen-bond donors (Lipinski definition) is 2. The molecule has 1 saturated heterocycles. The van der Waals surface area contributed by atoms with E-state index in [2.05, 4.69) is 42.4 Å². The number of rotatable bonds is 9. The highest BCUT2D eigenvalue weighted by atomic mass is 19.3. The Hall–Kier alpha value is -2.75. The number of hydrogen-bond acceptors (Lipinski definition) is 5. The van der Waals surface area contributed by atoms with Crippen molar-refractivity contribution in [1.82, 2.24) is 30.3 Å². The maximum atomic E-state index is 12.7. The molecule has 1 fully saturated rings.